The third-order valence-corrected chi connectivity index (χ3v) is 4.54. The summed E-state index contributed by atoms with van der Waals surface area (Å²) in [6.07, 6.45) is 0.920. The quantitative estimate of drug-likeness (QED) is 0.610. The molecule has 0 bridgehead atoms. The van der Waals surface area contributed by atoms with Crippen molar-refractivity contribution in [1.29, 1.82) is 0 Å². The Balaban J connectivity index is 3.58. The van der Waals surface area contributed by atoms with Crippen LogP contribution in [0, 0.1) is 0 Å². The first-order valence-electron chi connectivity index (χ1n) is 6.35. The molecule has 1 aromatic rings. The summed E-state index contributed by atoms with van der Waals surface area (Å²) in [5.41, 5.74) is 1.45. The lowest BCUT2D eigenvalue weighted by molar-refractivity contribution is 0.423. The largest absolute Gasteiger partial charge is 0.486 e. The first-order valence-corrected chi connectivity index (χ1v) is 8.17. The van der Waals surface area contributed by atoms with Crippen molar-refractivity contribution in [2.75, 3.05) is 7.11 Å². The molecule has 0 radical (unpaired) electrons. The van der Waals surface area contributed by atoms with Gasteiger partial charge in [0.05, 0.1) is 12.0 Å². The Morgan fingerprint density at radius 3 is 2.15 bits per heavy atom. The zero-order valence-electron chi connectivity index (χ0n) is 12.3. The van der Waals surface area contributed by atoms with Gasteiger partial charge in [-0.05, 0) is 35.1 Å². The predicted molar refractivity (Wildman–Crippen MR) is 82.3 cm³/mol. The van der Waals surface area contributed by atoms with E-state index < -0.39 is 10.0 Å². The van der Waals surface area contributed by atoms with Crippen LogP contribution < -0.4 is 0 Å². The van der Waals surface area contributed by atoms with Crippen LogP contribution in [0.5, 0.6) is 0 Å². The van der Waals surface area contributed by atoms with E-state index in [4.69, 9.17) is 11.6 Å². The zero-order chi connectivity index (χ0) is 15.5. The monoisotopic (exact) mass is 317 g/mol. The molecule has 1 rings (SSSR count). The Labute approximate surface area is 125 Å². The van der Waals surface area contributed by atoms with E-state index in [1.165, 1.54) is 7.11 Å². The molecule has 0 N–H and O–H groups in total. The Kier molecular flexibility index (Phi) is 5.59. The van der Waals surface area contributed by atoms with E-state index in [1.54, 1.807) is 12.1 Å². The molecule has 0 fully saturated rings. The summed E-state index contributed by atoms with van der Waals surface area (Å²) in [4.78, 5) is 0.189. The topological polar surface area (TPSA) is 55.7 Å². The van der Waals surface area contributed by atoms with Gasteiger partial charge in [-0.1, -0.05) is 39.3 Å². The highest BCUT2D eigenvalue weighted by molar-refractivity contribution is 7.90. The van der Waals surface area contributed by atoms with Crippen LogP contribution in [0.15, 0.2) is 21.4 Å². The molecule has 20 heavy (non-hydrogen) atoms. The van der Waals surface area contributed by atoms with E-state index in [1.807, 2.05) is 27.7 Å². The van der Waals surface area contributed by atoms with Crippen LogP contribution in [0.3, 0.4) is 0 Å². The molecule has 4 nitrogen and oxygen atoms in total. The first-order chi connectivity index (χ1) is 9.20. The van der Waals surface area contributed by atoms with Crippen LogP contribution in [-0.2, 0) is 14.8 Å². The molecule has 0 saturated carbocycles. The first kappa shape index (κ1) is 17.0. The molecule has 0 aliphatic heterocycles. The predicted octanol–water partition coefficient (Wildman–Crippen LogP) is 3.95. The summed E-state index contributed by atoms with van der Waals surface area (Å²) < 4.78 is 32.7. The second-order valence-corrected chi connectivity index (χ2v) is 7.15. The SMILES string of the molecule is COC=NS(=O)(=O)c1cc(C(C)C)c(Cl)cc1C(C)C. The van der Waals surface area contributed by atoms with Crippen molar-refractivity contribution in [2.45, 2.75) is 44.4 Å². The van der Waals surface area contributed by atoms with Gasteiger partial charge >= 0.3 is 0 Å². The van der Waals surface area contributed by atoms with Gasteiger partial charge in [-0.25, -0.2) is 0 Å². The second kappa shape index (κ2) is 6.59. The maximum Gasteiger partial charge on any atom is 0.285 e. The van der Waals surface area contributed by atoms with Crippen LogP contribution in [0.1, 0.15) is 50.7 Å². The van der Waals surface area contributed by atoms with Crippen LogP contribution in [0.2, 0.25) is 5.02 Å². The minimum absolute atomic E-state index is 0.0243. The van der Waals surface area contributed by atoms with Gasteiger partial charge in [-0.2, -0.15) is 8.42 Å². The molecule has 0 heterocycles. The van der Waals surface area contributed by atoms with Crippen LogP contribution in [0.4, 0.5) is 0 Å². The number of hydrogen-bond donors (Lipinski definition) is 0. The third kappa shape index (κ3) is 3.73. The van der Waals surface area contributed by atoms with Crippen molar-refractivity contribution in [3.8, 4) is 0 Å². The van der Waals surface area contributed by atoms with Gasteiger partial charge in [0.25, 0.3) is 10.0 Å². The molecule has 6 heteroatoms. The average molecular weight is 318 g/mol. The zero-order valence-corrected chi connectivity index (χ0v) is 13.9. The maximum absolute atomic E-state index is 12.3. The number of rotatable bonds is 5. The number of halogens is 1. The van der Waals surface area contributed by atoms with Crippen molar-refractivity contribution in [2.24, 2.45) is 4.40 Å². The normalized spacial score (nSPS) is 12.6. The molecule has 0 aliphatic carbocycles. The number of hydrogen-bond acceptors (Lipinski definition) is 3. The summed E-state index contributed by atoms with van der Waals surface area (Å²) >= 11 is 6.24. The maximum atomic E-state index is 12.3. The molecular formula is C14H20ClNO3S. The molecule has 0 aliphatic rings. The standard InChI is InChI=1S/C14H20ClNO3S/c1-9(2)11-7-14(20(17,18)16-8-19-5)12(10(3)4)6-13(11)15/h6-10H,1-5H3. The smallest absolute Gasteiger partial charge is 0.285 e. The van der Waals surface area contributed by atoms with Crippen molar-refractivity contribution >= 4 is 28.0 Å². The number of benzene rings is 1. The van der Waals surface area contributed by atoms with Crippen LogP contribution in [-0.4, -0.2) is 21.9 Å². The number of sulfonamides is 1. The fraction of sp³-hybridized carbons (Fsp3) is 0.500. The summed E-state index contributed by atoms with van der Waals surface area (Å²) in [6.45, 7) is 7.76. The van der Waals surface area contributed by atoms with Gasteiger partial charge in [0.15, 0.2) is 6.40 Å². The Morgan fingerprint density at radius 2 is 1.70 bits per heavy atom. The molecule has 0 atom stereocenters. The van der Waals surface area contributed by atoms with E-state index in [-0.39, 0.29) is 16.7 Å². The molecule has 112 valence electrons. The van der Waals surface area contributed by atoms with Crippen LogP contribution in [0.25, 0.3) is 0 Å². The van der Waals surface area contributed by atoms with Crippen molar-refractivity contribution in [3.63, 3.8) is 0 Å². The highest BCUT2D eigenvalue weighted by Crippen LogP contribution is 2.34. The van der Waals surface area contributed by atoms with Crippen molar-refractivity contribution in [1.82, 2.24) is 0 Å². The lowest BCUT2D eigenvalue weighted by Crippen LogP contribution is -2.06. The minimum atomic E-state index is -3.79. The average Bonchev–Trinajstić information content (AvgIpc) is 2.35. The van der Waals surface area contributed by atoms with E-state index >= 15 is 0 Å². The Morgan fingerprint density at radius 1 is 1.15 bits per heavy atom. The van der Waals surface area contributed by atoms with Crippen molar-refractivity contribution < 1.29 is 13.2 Å². The van der Waals surface area contributed by atoms with Gasteiger partial charge in [0.1, 0.15) is 0 Å². The highest BCUT2D eigenvalue weighted by Gasteiger charge is 2.22. The highest BCUT2D eigenvalue weighted by atomic mass is 35.5. The summed E-state index contributed by atoms with van der Waals surface area (Å²) in [6, 6.07) is 3.33. The second-order valence-electron chi connectivity index (χ2n) is 5.14. The van der Waals surface area contributed by atoms with Gasteiger partial charge in [-0.3, -0.25) is 0 Å². The molecule has 0 unspecified atom stereocenters. The lowest BCUT2D eigenvalue weighted by atomic mass is 9.97. The van der Waals surface area contributed by atoms with Crippen molar-refractivity contribution in [3.05, 3.63) is 28.3 Å². The van der Waals surface area contributed by atoms with Gasteiger partial charge in [0.2, 0.25) is 0 Å². The number of methoxy groups -OCH3 is 1. The van der Waals surface area contributed by atoms with Gasteiger partial charge < -0.3 is 4.74 Å². The molecule has 0 saturated heterocycles. The molecule has 0 amide bonds. The Bertz CT molecular complexity index is 607. The van der Waals surface area contributed by atoms with Gasteiger partial charge in [-0.15, -0.1) is 4.40 Å². The fourth-order valence-electron chi connectivity index (χ4n) is 1.86. The van der Waals surface area contributed by atoms with E-state index in [2.05, 4.69) is 9.13 Å². The van der Waals surface area contributed by atoms with Gasteiger partial charge in [0, 0.05) is 5.02 Å². The lowest BCUT2D eigenvalue weighted by Gasteiger charge is -2.16. The summed E-state index contributed by atoms with van der Waals surface area (Å²) in [5, 5.41) is 0.582. The third-order valence-electron chi connectivity index (χ3n) is 2.94. The summed E-state index contributed by atoms with van der Waals surface area (Å²) in [7, 11) is -2.43. The number of ether oxygens (including phenoxy) is 1. The molecule has 0 spiro atoms. The summed E-state index contributed by atoms with van der Waals surface area (Å²) in [5.74, 6) is 0.153. The number of nitrogens with zero attached hydrogens (tertiary/aromatic N) is 1. The molecular weight excluding hydrogens is 298 g/mol. The van der Waals surface area contributed by atoms with E-state index in [0.29, 0.717) is 10.6 Å². The van der Waals surface area contributed by atoms with E-state index in [9.17, 15) is 8.42 Å². The molecule has 0 aromatic heterocycles. The van der Waals surface area contributed by atoms with Crippen LogP contribution >= 0.6 is 11.6 Å². The minimum Gasteiger partial charge on any atom is -0.486 e. The molecule has 1 aromatic carbocycles. The van der Waals surface area contributed by atoms with E-state index in [0.717, 1.165) is 12.0 Å². The Hall–Kier alpha value is -1.07. The fourth-order valence-corrected chi connectivity index (χ4v) is 3.43.